The number of rotatable bonds is 4. The van der Waals surface area contributed by atoms with Crippen LogP contribution in [0.3, 0.4) is 0 Å². The number of amides is 1. The van der Waals surface area contributed by atoms with E-state index >= 15 is 0 Å². The fourth-order valence-electron chi connectivity index (χ4n) is 1.63. The fraction of sp³-hybridized carbons (Fsp3) is 0.143. The first kappa shape index (κ1) is 13.2. The summed E-state index contributed by atoms with van der Waals surface area (Å²) in [5.74, 6) is -0.403. The molecule has 19 heavy (non-hydrogen) atoms. The third-order valence-electron chi connectivity index (χ3n) is 2.62. The van der Waals surface area contributed by atoms with Crippen molar-refractivity contribution in [2.75, 3.05) is 11.9 Å². The maximum absolute atomic E-state index is 12.7. The SMILES string of the molecule is NCCc1ccc(C(=O)Nc2ccc(F)cn2)cc1. The molecule has 0 radical (unpaired) electrons. The summed E-state index contributed by atoms with van der Waals surface area (Å²) < 4.78 is 12.7. The van der Waals surface area contributed by atoms with Crippen molar-refractivity contribution in [1.29, 1.82) is 0 Å². The standard InChI is InChI=1S/C14H14FN3O/c15-12-5-6-13(17-9-12)18-14(19)11-3-1-10(2-4-11)7-8-16/h1-6,9H,7-8,16H2,(H,17,18,19). The quantitative estimate of drug-likeness (QED) is 0.882. The summed E-state index contributed by atoms with van der Waals surface area (Å²) in [7, 11) is 0. The summed E-state index contributed by atoms with van der Waals surface area (Å²) in [4.78, 5) is 15.7. The van der Waals surface area contributed by atoms with Crippen LogP contribution >= 0.6 is 0 Å². The molecule has 0 atom stereocenters. The highest BCUT2D eigenvalue weighted by Gasteiger charge is 2.06. The van der Waals surface area contributed by atoms with Crippen molar-refractivity contribution in [2.45, 2.75) is 6.42 Å². The number of aromatic nitrogens is 1. The zero-order valence-corrected chi connectivity index (χ0v) is 10.3. The Hall–Kier alpha value is -2.27. The van der Waals surface area contributed by atoms with Crippen molar-refractivity contribution in [3.05, 3.63) is 59.5 Å². The van der Waals surface area contributed by atoms with E-state index in [4.69, 9.17) is 5.73 Å². The zero-order valence-electron chi connectivity index (χ0n) is 10.3. The van der Waals surface area contributed by atoms with Crippen LogP contribution in [0.1, 0.15) is 15.9 Å². The molecule has 5 heteroatoms. The van der Waals surface area contributed by atoms with Crippen LogP contribution in [0.25, 0.3) is 0 Å². The van der Waals surface area contributed by atoms with E-state index in [0.29, 0.717) is 17.9 Å². The van der Waals surface area contributed by atoms with Gasteiger partial charge < -0.3 is 11.1 Å². The van der Waals surface area contributed by atoms with Crippen LogP contribution in [0.15, 0.2) is 42.6 Å². The molecule has 0 bridgehead atoms. The van der Waals surface area contributed by atoms with E-state index in [1.54, 1.807) is 12.1 Å². The maximum atomic E-state index is 12.7. The van der Waals surface area contributed by atoms with Gasteiger partial charge in [0, 0.05) is 5.56 Å². The van der Waals surface area contributed by atoms with Gasteiger partial charge >= 0.3 is 0 Å². The van der Waals surface area contributed by atoms with E-state index in [1.807, 2.05) is 12.1 Å². The average molecular weight is 259 g/mol. The normalized spacial score (nSPS) is 10.2. The largest absolute Gasteiger partial charge is 0.330 e. The molecular formula is C14H14FN3O. The first-order valence-corrected chi connectivity index (χ1v) is 5.91. The number of nitrogens with one attached hydrogen (secondary N) is 1. The Morgan fingerprint density at radius 3 is 2.53 bits per heavy atom. The van der Waals surface area contributed by atoms with Crippen molar-refractivity contribution in [1.82, 2.24) is 4.98 Å². The summed E-state index contributed by atoms with van der Waals surface area (Å²) in [6.45, 7) is 0.574. The van der Waals surface area contributed by atoms with Crippen molar-refractivity contribution >= 4 is 11.7 Å². The van der Waals surface area contributed by atoms with E-state index in [-0.39, 0.29) is 5.91 Å². The Morgan fingerprint density at radius 1 is 1.21 bits per heavy atom. The van der Waals surface area contributed by atoms with Crippen molar-refractivity contribution in [2.24, 2.45) is 5.73 Å². The Bertz CT molecular complexity index is 552. The molecule has 1 aromatic heterocycles. The number of hydrogen-bond acceptors (Lipinski definition) is 3. The van der Waals surface area contributed by atoms with E-state index in [9.17, 15) is 9.18 Å². The number of hydrogen-bond donors (Lipinski definition) is 2. The molecule has 4 nitrogen and oxygen atoms in total. The number of nitrogens with two attached hydrogens (primary N) is 1. The Labute approximate surface area is 110 Å². The number of carbonyl (C=O) groups is 1. The molecule has 1 heterocycles. The van der Waals surface area contributed by atoms with Gasteiger partial charge in [-0.15, -0.1) is 0 Å². The van der Waals surface area contributed by atoms with Gasteiger partial charge in [-0.2, -0.15) is 0 Å². The highest BCUT2D eigenvalue weighted by atomic mass is 19.1. The molecule has 1 aromatic carbocycles. The van der Waals surface area contributed by atoms with Crippen molar-refractivity contribution in [3.8, 4) is 0 Å². The van der Waals surface area contributed by atoms with Gasteiger partial charge in [-0.1, -0.05) is 12.1 Å². The van der Waals surface area contributed by atoms with Gasteiger partial charge in [-0.05, 0) is 42.8 Å². The summed E-state index contributed by atoms with van der Waals surface area (Å²) in [5, 5.41) is 2.60. The maximum Gasteiger partial charge on any atom is 0.256 e. The van der Waals surface area contributed by atoms with Crippen LogP contribution in [0, 0.1) is 5.82 Å². The summed E-state index contributed by atoms with van der Waals surface area (Å²) in [6.07, 6.45) is 1.83. The smallest absolute Gasteiger partial charge is 0.256 e. The molecule has 0 spiro atoms. The monoisotopic (exact) mass is 259 g/mol. The summed E-state index contributed by atoms with van der Waals surface area (Å²) in [6, 6.07) is 9.83. The highest BCUT2D eigenvalue weighted by molar-refractivity contribution is 6.03. The molecule has 0 aliphatic carbocycles. The van der Waals surface area contributed by atoms with Gasteiger partial charge in [0.05, 0.1) is 6.20 Å². The number of benzene rings is 1. The summed E-state index contributed by atoms with van der Waals surface area (Å²) in [5.41, 5.74) is 7.06. The topological polar surface area (TPSA) is 68.0 Å². The van der Waals surface area contributed by atoms with Crippen LogP contribution in [0.2, 0.25) is 0 Å². The van der Waals surface area contributed by atoms with Crippen molar-refractivity contribution in [3.63, 3.8) is 0 Å². The Morgan fingerprint density at radius 2 is 1.95 bits per heavy atom. The minimum absolute atomic E-state index is 0.279. The molecule has 2 rings (SSSR count). The lowest BCUT2D eigenvalue weighted by atomic mass is 10.1. The van der Waals surface area contributed by atoms with Gasteiger partial charge in [-0.3, -0.25) is 4.79 Å². The Balaban J connectivity index is 2.05. The molecule has 0 unspecified atom stereocenters. The highest BCUT2D eigenvalue weighted by Crippen LogP contribution is 2.09. The molecule has 0 aliphatic rings. The lowest BCUT2D eigenvalue weighted by molar-refractivity contribution is 0.102. The minimum Gasteiger partial charge on any atom is -0.330 e. The molecule has 2 aromatic rings. The van der Waals surface area contributed by atoms with Crippen LogP contribution in [0.4, 0.5) is 10.2 Å². The van der Waals surface area contributed by atoms with Gasteiger partial charge in [0.25, 0.3) is 5.91 Å². The second-order valence-corrected chi connectivity index (χ2v) is 4.05. The minimum atomic E-state index is -0.441. The molecule has 0 fully saturated rings. The molecule has 98 valence electrons. The number of carbonyl (C=O) groups excluding carboxylic acids is 1. The predicted molar refractivity (Wildman–Crippen MR) is 71.3 cm³/mol. The van der Waals surface area contributed by atoms with E-state index in [2.05, 4.69) is 10.3 Å². The molecule has 0 saturated heterocycles. The van der Waals surface area contributed by atoms with Gasteiger partial charge in [0.15, 0.2) is 0 Å². The van der Waals surface area contributed by atoms with Gasteiger partial charge in [0.2, 0.25) is 0 Å². The first-order valence-electron chi connectivity index (χ1n) is 5.91. The number of halogens is 1. The lowest BCUT2D eigenvalue weighted by Gasteiger charge is -2.05. The van der Waals surface area contributed by atoms with E-state index in [1.165, 1.54) is 12.1 Å². The lowest BCUT2D eigenvalue weighted by Crippen LogP contribution is -2.13. The van der Waals surface area contributed by atoms with E-state index < -0.39 is 5.82 Å². The number of pyridine rings is 1. The second-order valence-electron chi connectivity index (χ2n) is 4.05. The first-order chi connectivity index (χ1) is 9.19. The molecule has 3 N–H and O–H groups in total. The average Bonchev–Trinajstić information content (AvgIpc) is 2.42. The predicted octanol–water partition coefficient (Wildman–Crippen LogP) is 1.97. The van der Waals surface area contributed by atoms with Crippen LogP contribution in [0.5, 0.6) is 0 Å². The van der Waals surface area contributed by atoms with E-state index in [0.717, 1.165) is 18.2 Å². The van der Waals surface area contributed by atoms with Crippen LogP contribution in [-0.2, 0) is 6.42 Å². The molecular weight excluding hydrogens is 245 g/mol. The molecule has 0 saturated carbocycles. The number of anilines is 1. The third-order valence-corrected chi connectivity index (χ3v) is 2.62. The Kier molecular flexibility index (Phi) is 4.20. The molecule has 0 aliphatic heterocycles. The van der Waals surface area contributed by atoms with Crippen LogP contribution < -0.4 is 11.1 Å². The van der Waals surface area contributed by atoms with Gasteiger partial charge in [-0.25, -0.2) is 9.37 Å². The molecule has 1 amide bonds. The fourth-order valence-corrected chi connectivity index (χ4v) is 1.63. The number of nitrogens with zero attached hydrogens (tertiary/aromatic N) is 1. The van der Waals surface area contributed by atoms with Crippen molar-refractivity contribution < 1.29 is 9.18 Å². The zero-order chi connectivity index (χ0) is 13.7. The third kappa shape index (κ3) is 3.59. The van der Waals surface area contributed by atoms with Crippen LogP contribution in [-0.4, -0.2) is 17.4 Å². The van der Waals surface area contributed by atoms with Gasteiger partial charge in [0.1, 0.15) is 11.6 Å². The summed E-state index contributed by atoms with van der Waals surface area (Å²) >= 11 is 0. The second kappa shape index (κ2) is 6.06.